The zero-order chi connectivity index (χ0) is 17.2. The molecule has 0 unspecified atom stereocenters. The van der Waals surface area contributed by atoms with E-state index in [1.54, 1.807) is 7.11 Å². The number of nitrogens with one attached hydrogen (secondary N) is 2. The van der Waals surface area contributed by atoms with Gasteiger partial charge in [-0.25, -0.2) is 0 Å². The Morgan fingerprint density at radius 3 is 2.46 bits per heavy atom. The molecule has 0 atom stereocenters. The van der Waals surface area contributed by atoms with Gasteiger partial charge in [0.1, 0.15) is 0 Å². The smallest absolute Gasteiger partial charge is 0.309 e. The van der Waals surface area contributed by atoms with E-state index in [4.69, 9.17) is 4.74 Å². The molecule has 6 nitrogen and oxygen atoms in total. The van der Waals surface area contributed by atoms with Crippen LogP contribution in [0, 0.1) is 5.92 Å². The average Bonchev–Trinajstić information content (AvgIpc) is 2.64. The minimum absolute atomic E-state index is 0.366. The van der Waals surface area contributed by atoms with Crippen molar-refractivity contribution >= 4 is 11.8 Å². The van der Waals surface area contributed by atoms with Crippen molar-refractivity contribution in [2.75, 3.05) is 39.9 Å². The van der Waals surface area contributed by atoms with Crippen LogP contribution in [0.2, 0.25) is 0 Å². The minimum atomic E-state index is -0.573. The number of likely N-dealkylation sites (tertiary alicyclic amines) is 1. The maximum absolute atomic E-state index is 11.9. The normalized spacial score (nSPS) is 15.9. The third-order valence-corrected chi connectivity index (χ3v) is 4.37. The quantitative estimate of drug-likeness (QED) is 0.724. The molecule has 1 saturated heterocycles. The summed E-state index contributed by atoms with van der Waals surface area (Å²) in [5.74, 6) is -0.682. The van der Waals surface area contributed by atoms with Crippen molar-refractivity contribution in [2.24, 2.45) is 5.92 Å². The van der Waals surface area contributed by atoms with Crippen molar-refractivity contribution in [3.8, 4) is 0 Å². The fourth-order valence-electron chi connectivity index (χ4n) is 2.81. The maximum Gasteiger partial charge on any atom is 0.309 e. The molecule has 2 N–H and O–H groups in total. The highest BCUT2D eigenvalue weighted by molar-refractivity contribution is 6.35. The van der Waals surface area contributed by atoms with E-state index in [0.29, 0.717) is 19.0 Å². The number of piperidine rings is 1. The van der Waals surface area contributed by atoms with Crippen LogP contribution >= 0.6 is 0 Å². The zero-order valence-electron chi connectivity index (χ0n) is 14.3. The lowest BCUT2D eigenvalue weighted by atomic mass is 9.97. The number of benzene rings is 1. The van der Waals surface area contributed by atoms with Gasteiger partial charge in [0.25, 0.3) is 0 Å². The van der Waals surface area contributed by atoms with Gasteiger partial charge in [-0.2, -0.15) is 0 Å². The Labute approximate surface area is 143 Å². The summed E-state index contributed by atoms with van der Waals surface area (Å²) in [6.45, 7) is 4.68. The molecule has 6 heteroatoms. The first-order valence-corrected chi connectivity index (χ1v) is 8.50. The summed E-state index contributed by atoms with van der Waals surface area (Å²) in [5, 5.41) is 5.40. The first-order chi connectivity index (χ1) is 11.7. The van der Waals surface area contributed by atoms with E-state index in [1.807, 2.05) is 30.3 Å². The van der Waals surface area contributed by atoms with Gasteiger partial charge in [0, 0.05) is 26.7 Å². The molecule has 1 heterocycles. The van der Waals surface area contributed by atoms with E-state index in [2.05, 4.69) is 15.5 Å². The molecule has 24 heavy (non-hydrogen) atoms. The molecule has 1 fully saturated rings. The van der Waals surface area contributed by atoms with Gasteiger partial charge in [0.15, 0.2) is 0 Å². The van der Waals surface area contributed by atoms with Crippen molar-refractivity contribution in [3.05, 3.63) is 35.9 Å². The molecule has 0 saturated carbocycles. The largest absolute Gasteiger partial charge is 0.383 e. The van der Waals surface area contributed by atoms with Crippen LogP contribution in [0.4, 0.5) is 0 Å². The molecule has 1 aromatic carbocycles. The van der Waals surface area contributed by atoms with E-state index in [0.717, 1.165) is 44.6 Å². The summed E-state index contributed by atoms with van der Waals surface area (Å²) in [7, 11) is 1.71. The zero-order valence-corrected chi connectivity index (χ0v) is 14.3. The summed E-state index contributed by atoms with van der Waals surface area (Å²) in [6.07, 6.45) is 2.07. The first kappa shape index (κ1) is 18.4. The predicted octanol–water partition coefficient (Wildman–Crippen LogP) is 0.777. The minimum Gasteiger partial charge on any atom is -0.383 e. The lowest BCUT2D eigenvalue weighted by Crippen LogP contribution is -2.44. The molecule has 0 spiro atoms. The Bertz CT molecular complexity index is 514. The van der Waals surface area contributed by atoms with Gasteiger partial charge in [-0.3, -0.25) is 9.59 Å². The molecule has 0 aromatic heterocycles. The maximum atomic E-state index is 11.9. The highest BCUT2D eigenvalue weighted by Gasteiger charge is 2.20. The Balaban J connectivity index is 1.61. The van der Waals surface area contributed by atoms with Crippen LogP contribution < -0.4 is 10.6 Å². The summed E-state index contributed by atoms with van der Waals surface area (Å²) in [5.41, 5.74) is 0.974. The first-order valence-electron chi connectivity index (χ1n) is 8.50. The number of amides is 2. The molecule has 2 rings (SSSR count). The lowest BCUT2D eigenvalue weighted by Gasteiger charge is -2.31. The van der Waals surface area contributed by atoms with Crippen LogP contribution in [0.15, 0.2) is 30.3 Å². The molecule has 0 aliphatic carbocycles. The van der Waals surface area contributed by atoms with Crippen molar-refractivity contribution in [1.29, 1.82) is 0 Å². The fourth-order valence-corrected chi connectivity index (χ4v) is 2.81. The van der Waals surface area contributed by atoms with Gasteiger partial charge in [-0.1, -0.05) is 30.3 Å². The van der Waals surface area contributed by atoms with Gasteiger partial charge in [0.05, 0.1) is 6.61 Å². The molecule has 0 bridgehead atoms. The SMILES string of the molecule is COCCN1CCC(CNC(=O)C(=O)NCc2ccccc2)CC1. The number of hydrogen-bond acceptors (Lipinski definition) is 4. The highest BCUT2D eigenvalue weighted by Crippen LogP contribution is 2.15. The van der Waals surface area contributed by atoms with Crippen molar-refractivity contribution in [1.82, 2.24) is 15.5 Å². The van der Waals surface area contributed by atoms with Crippen molar-refractivity contribution in [2.45, 2.75) is 19.4 Å². The van der Waals surface area contributed by atoms with E-state index in [1.165, 1.54) is 0 Å². The molecule has 1 aromatic rings. The van der Waals surface area contributed by atoms with Gasteiger partial charge < -0.3 is 20.3 Å². The van der Waals surface area contributed by atoms with E-state index >= 15 is 0 Å². The molecular weight excluding hydrogens is 306 g/mol. The second-order valence-electron chi connectivity index (χ2n) is 6.16. The second-order valence-corrected chi connectivity index (χ2v) is 6.16. The predicted molar refractivity (Wildman–Crippen MR) is 92.3 cm³/mol. The van der Waals surface area contributed by atoms with Crippen LogP contribution in [0.5, 0.6) is 0 Å². The standard InChI is InChI=1S/C18H27N3O3/c1-24-12-11-21-9-7-16(8-10-21)14-20-18(23)17(22)19-13-15-5-3-2-4-6-15/h2-6,16H,7-14H2,1H3,(H,19,22)(H,20,23). The molecule has 1 aliphatic heterocycles. The average molecular weight is 333 g/mol. The van der Waals surface area contributed by atoms with Crippen LogP contribution in [-0.2, 0) is 20.9 Å². The van der Waals surface area contributed by atoms with Crippen LogP contribution in [0.1, 0.15) is 18.4 Å². The van der Waals surface area contributed by atoms with Crippen molar-refractivity contribution < 1.29 is 14.3 Å². The van der Waals surface area contributed by atoms with Gasteiger partial charge >= 0.3 is 11.8 Å². The van der Waals surface area contributed by atoms with Gasteiger partial charge in [0.2, 0.25) is 0 Å². The fraction of sp³-hybridized carbons (Fsp3) is 0.556. The number of carbonyl (C=O) groups excluding carboxylic acids is 2. The number of hydrogen-bond donors (Lipinski definition) is 2. The molecule has 132 valence electrons. The summed E-state index contributed by atoms with van der Waals surface area (Å²) in [6, 6.07) is 9.55. The van der Waals surface area contributed by atoms with Gasteiger partial charge in [-0.15, -0.1) is 0 Å². The number of rotatable bonds is 7. The topological polar surface area (TPSA) is 70.7 Å². The molecule has 2 amide bonds. The van der Waals surface area contributed by atoms with Gasteiger partial charge in [-0.05, 0) is 37.4 Å². The Morgan fingerprint density at radius 2 is 1.79 bits per heavy atom. The summed E-state index contributed by atoms with van der Waals surface area (Å²) < 4.78 is 5.09. The third kappa shape index (κ3) is 6.29. The Hall–Kier alpha value is -1.92. The number of carbonyl (C=O) groups is 2. The Kier molecular flexibility index (Phi) is 7.71. The number of ether oxygens (including phenoxy) is 1. The second kappa shape index (κ2) is 10.1. The van der Waals surface area contributed by atoms with Crippen LogP contribution in [0.25, 0.3) is 0 Å². The molecule has 1 aliphatic rings. The molecule has 0 radical (unpaired) electrons. The van der Waals surface area contributed by atoms with E-state index in [-0.39, 0.29) is 0 Å². The van der Waals surface area contributed by atoms with Crippen LogP contribution in [0.3, 0.4) is 0 Å². The highest BCUT2D eigenvalue weighted by atomic mass is 16.5. The lowest BCUT2D eigenvalue weighted by molar-refractivity contribution is -0.139. The number of methoxy groups -OCH3 is 1. The monoisotopic (exact) mass is 333 g/mol. The Morgan fingerprint density at radius 1 is 1.12 bits per heavy atom. The molecular formula is C18H27N3O3. The van der Waals surface area contributed by atoms with Crippen molar-refractivity contribution in [3.63, 3.8) is 0 Å². The summed E-state index contributed by atoms with van der Waals surface area (Å²) >= 11 is 0. The van der Waals surface area contributed by atoms with E-state index in [9.17, 15) is 9.59 Å². The van der Waals surface area contributed by atoms with Crippen LogP contribution in [-0.4, -0.2) is 56.6 Å². The summed E-state index contributed by atoms with van der Waals surface area (Å²) in [4.78, 5) is 26.0. The van der Waals surface area contributed by atoms with E-state index < -0.39 is 11.8 Å². The third-order valence-electron chi connectivity index (χ3n) is 4.37. The number of nitrogens with zero attached hydrogens (tertiary/aromatic N) is 1.